The second-order valence-electron chi connectivity index (χ2n) is 7.75. The van der Waals surface area contributed by atoms with Crippen LogP contribution < -0.4 is 10.9 Å². The van der Waals surface area contributed by atoms with Crippen LogP contribution in [0.15, 0.2) is 4.79 Å². The molecule has 1 N–H and O–H groups in total. The van der Waals surface area contributed by atoms with Gasteiger partial charge in [-0.25, -0.2) is 4.98 Å². The van der Waals surface area contributed by atoms with Gasteiger partial charge >= 0.3 is 0 Å². The van der Waals surface area contributed by atoms with E-state index in [0.717, 1.165) is 55.0 Å². The van der Waals surface area contributed by atoms with Gasteiger partial charge < -0.3 is 5.32 Å². The number of nitrogens with one attached hydrogen (secondary N) is 1. The number of carbonyl (C=O) groups is 1. The normalized spacial score (nSPS) is 18.5. The highest BCUT2D eigenvalue weighted by Crippen LogP contribution is 2.29. The molecule has 0 saturated heterocycles. The Labute approximate surface area is 157 Å². The van der Waals surface area contributed by atoms with Crippen molar-refractivity contribution < 1.29 is 4.79 Å². The van der Waals surface area contributed by atoms with E-state index in [1.165, 1.54) is 43.4 Å². The largest absolute Gasteiger partial charge is 0.351 e. The fourth-order valence-electron chi connectivity index (χ4n) is 4.34. The Bertz CT molecular complexity index is 877. The van der Waals surface area contributed by atoms with Gasteiger partial charge in [-0.15, -0.1) is 11.3 Å². The van der Waals surface area contributed by atoms with Crippen molar-refractivity contribution in [1.82, 2.24) is 14.9 Å². The van der Waals surface area contributed by atoms with E-state index in [1.54, 1.807) is 0 Å². The quantitative estimate of drug-likeness (QED) is 0.890. The molecule has 1 amide bonds. The molecule has 140 valence electrons. The van der Waals surface area contributed by atoms with Gasteiger partial charge in [-0.1, -0.05) is 25.7 Å². The van der Waals surface area contributed by atoms with Gasteiger partial charge in [0.15, 0.2) is 0 Å². The molecule has 26 heavy (non-hydrogen) atoms. The Hall–Kier alpha value is -1.69. The van der Waals surface area contributed by atoms with E-state index in [4.69, 9.17) is 4.98 Å². The molecule has 0 aromatic carbocycles. The molecule has 0 spiro atoms. The molecule has 1 aliphatic heterocycles. The molecular formula is C20H27N3O2S. The van der Waals surface area contributed by atoms with Crippen molar-refractivity contribution in [3.63, 3.8) is 0 Å². The molecule has 4 rings (SSSR count). The van der Waals surface area contributed by atoms with Crippen molar-refractivity contribution in [3.8, 4) is 0 Å². The predicted octanol–water partition coefficient (Wildman–Crippen LogP) is 3.80. The summed E-state index contributed by atoms with van der Waals surface area (Å²) in [5.74, 6) is 1.44. The van der Waals surface area contributed by atoms with Crippen LogP contribution in [0, 0.1) is 12.8 Å². The summed E-state index contributed by atoms with van der Waals surface area (Å²) in [6, 6.07) is 0. The summed E-state index contributed by atoms with van der Waals surface area (Å²) in [5, 5.41) is 3.75. The minimum atomic E-state index is -0.0457. The maximum Gasteiger partial charge on any atom is 0.262 e. The molecular weight excluding hydrogens is 346 g/mol. The van der Waals surface area contributed by atoms with Crippen LogP contribution in [0.2, 0.25) is 0 Å². The van der Waals surface area contributed by atoms with Crippen molar-refractivity contribution >= 4 is 27.5 Å². The van der Waals surface area contributed by atoms with E-state index in [9.17, 15) is 9.59 Å². The molecule has 0 bridgehead atoms. The molecule has 1 aliphatic carbocycles. The third-order valence-electron chi connectivity index (χ3n) is 5.89. The van der Waals surface area contributed by atoms with Crippen molar-refractivity contribution in [1.29, 1.82) is 0 Å². The number of aryl methyl sites for hydroxylation is 2. The van der Waals surface area contributed by atoms with Gasteiger partial charge in [0, 0.05) is 19.5 Å². The summed E-state index contributed by atoms with van der Waals surface area (Å²) in [4.78, 5) is 31.8. The van der Waals surface area contributed by atoms with Gasteiger partial charge in [-0.3, -0.25) is 14.2 Å². The first kappa shape index (κ1) is 17.7. The molecule has 2 aromatic heterocycles. The predicted molar refractivity (Wildman–Crippen MR) is 105 cm³/mol. The smallest absolute Gasteiger partial charge is 0.262 e. The summed E-state index contributed by atoms with van der Waals surface area (Å²) in [7, 11) is 0. The van der Waals surface area contributed by atoms with Crippen LogP contribution in [0.1, 0.15) is 72.4 Å². The molecule has 1 fully saturated rings. The van der Waals surface area contributed by atoms with Gasteiger partial charge in [0.1, 0.15) is 10.7 Å². The number of carbonyl (C=O) groups excluding carboxylic acids is 1. The molecule has 2 aromatic rings. The second kappa shape index (κ2) is 7.51. The van der Waals surface area contributed by atoms with Crippen molar-refractivity contribution in [2.24, 2.45) is 5.92 Å². The van der Waals surface area contributed by atoms with E-state index in [0.29, 0.717) is 16.2 Å². The zero-order valence-corrected chi connectivity index (χ0v) is 16.3. The number of hydrogen-bond acceptors (Lipinski definition) is 4. The second-order valence-corrected chi connectivity index (χ2v) is 8.74. The summed E-state index contributed by atoms with van der Waals surface area (Å²) in [5.41, 5.74) is 0.829. The third kappa shape index (κ3) is 3.31. The van der Waals surface area contributed by atoms with Crippen molar-refractivity contribution in [3.05, 3.63) is 26.6 Å². The van der Waals surface area contributed by atoms with Crippen LogP contribution in [0.4, 0.5) is 0 Å². The molecule has 0 atom stereocenters. The lowest BCUT2D eigenvalue weighted by Crippen LogP contribution is -2.30. The molecule has 6 heteroatoms. The van der Waals surface area contributed by atoms with Crippen LogP contribution in [-0.4, -0.2) is 22.0 Å². The Balaban J connectivity index is 1.61. The fraction of sp³-hybridized carbons (Fsp3) is 0.650. The number of amides is 1. The molecule has 5 nitrogen and oxygen atoms in total. The average Bonchev–Trinajstić information content (AvgIpc) is 2.82. The number of nitrogens with zero attached hydrogens (tertiary/aromatic N) is 2. The van der Waals surface area contributed by atoms with Crippen molar-refractivity contribution in [2.45, 2.75) is 71.3 Å². The van der Waals surface area contributed by atoms with Crippen molar-refractivity contribution in [2.75, 3.05) is 6.54 Å². The molecule has 2 aliphatic rings. The first-order chi connectivity index (χ1) is 12.6. The molecule has 1 saturated carbocycles. The number of thiophene rings is 1. The van der Waals surface area contributed by atoms with Gasteiger partial charge in [-0.2, -0.15) is 0 Å². The van der Waals surface area contributed by atoms with Crippen LogP contribution in [0.3, 0.4) is 0 Å². The maximum atomic E-state index is 13.0. The van der Waals surface area contributed by atoms with Crippen LogP contribution in [0.5, 0.6) is 0 Å². The molecule has 0 unspecified atom stereocenters. The molecule has 3 heterocycles. The summed E-state index contributed by atoms with van der Waals surface area (Å²) in [6.45, 7) is 3.38. The van der Waals surface area contributed by atoms with Gasteiger partial charge in [0.2, 0.25) is 0 Å². The lowest BCUT2D eigenvalue weighted by atomic mass is 9.89. The van der Waals surface area contributed by atoms with E-state index in [1.807, 2.05) is 11.5 Å². The van der Waals surface area contributed by atoms with Gasteiger partial charge in [0.25, 0.3) is 11.5 Å². The highest BCUT2D eigenvalue weighted by Gasteiger charge is 2.23. The van der Waals surface area contributed by atoms with Crippen LogP contribution >= 0.6 is 11.3 Å². The Morgan fingerprint density at radius 1 is 1.19 bits per heavy atom. The number of rotatable bonds is 3. The first-order valence-electron chi connectivity index (χ1n) is 9.96. The maximum absolute atomic E-state index is 13.0. The SMILES string of the molecule is Cc1c(C(=O)NCC2CCCCC2)sc2nc3n(c(=O)c12)CCCCC3. The summed E-state index contributed by atoms with van der Waals surface area (Å²) >= 11 is 1.38. The Morgan fingerprint density at radius 2 is 1.96 bits per heavy atom. The first-order valence-corrected chi connectivity index (χ1v) is 10.8. The van der Waals surface area contributed by atoms with Gasteiger partial charge in [0.05, 0.1) is 10.3 Å². The lowest BCUT2D eigenvalue weighted by Gasteiger charge is -2.21. The number of hydrogen-bond donors (Lipinski definition) is 1. The topological polar surface area (TPSA) is 64.0 Å². The highest BCUT2D eigenvalue weighted by atomic mass is 32.1. The lowest BCUT2D eigenvalue weighted by molar-refractivity contribution is 0.0947. The van der Waals surface area contributed by atoms with E-state index in [-0.39, 0.29) is 11.5 Å². The van der Waals surface area contributed by atoms with E-state index in [2.05, 4.69) is 5.32 Å². The minimum Gasteiger partial charge on any atom is -0.351 e. The van der Waals surface area contributed by atoms with Crippen LogP contribution in [0.25, 0.3) is 10.2 Å². The highest BCUT2D eigenvalue weighted by molar-refractivity contribution is 7.20. The van der Waals surface area contributed by atoms with Crippen LogP contribution in [-0.2, 0) is 13.0 Å². The zero-order chi connectivity index (χ0) is 18.1. The van der Waals surface area contributed by atoms with Gasteiger partial charge in [-0.05, 0) is 44.1 Å². The fourth-order valence-corrected chi connectivity index (χ4v) is 5.44. The number of aromatic nitrogens is 2. The van der Waals surface area contributed by atoms with E-state index >= 15 is 0 Å². The average molecular weight is 374 g/mol. The summed E-state index contributed by atoms with van der Waals surface area (Å²) in [6.07, 6.45) is 10.4. The molecule has 0 radical (unpaired) electrons. The monoisotopic (exact) mass is 373 g/mol. The standard InChI is InChI=1S/C20H27N3O2S/c1-13-16-19(22-15-10-6-3-7-11-23(15)20(16)25)26-17(13)18(24)21-12-14-8-4-2-5-9-14/h14H,2-12H2,1H3,(H,21,24). The minimum absolute atomic E-state index is 0.0342. The summed E-state index contributed by atoms with van der Waals surface area (Å²) < 4.78 is 1.83. The zero-order valence-electron chi connectivity index (χ0n) is 15.5. The third-order valence-corrected chi connectivity index (χ3v) is 7.08. The Kier molecular flexibility index (Phi) is 5.11. The Morgan fingerprint density at radius 3 is 2.77 bits per heavy atom. The number of fused-ring (bicyclic) bond motifs is 2. The van der Waals surface area contributed by atoms with E-state index < -0.39 is 0 Å².